The SMILES string of the molecule is COc1ccccc1NC(=O)N1CCn2cccc2[C@@H]1C. The number of carbonyl (C=O) groups excluding carboxylic acids is 1. The highest BCUT2D eigenvalue weighted by Gasteiger charge is 2.27. The molecule has 0 spiro atoms. The molecule has 0 aliphatic carbocycles. The van der Waals surface area contributed by atoms with E-state index >= 15 is 0 Å². The highest BCUT2D eigenvalue weighted by molar-refractivity contribution is 5.91. The molecule has 110 valence electrons. The summed E-state index contributed by atoms with van der Waals surface area (Å²) in [5.41, 5.74) is 1.86. The number of hydrogen-bond donors (Lipinski definition) is 1. The molecule has 1 N–H and O–H groups in total. The van der Waals surface area contributed by atoms with Gasteiger partial charge in [-0.3, -0.25) is 0 Å². The minimum absolute atomic E-state index is 0.0588. The Hall–Kier alpha value is -2.43. The molecule has 2 amide bonds. The maximum absolute atomic E-state index is 12.5. The van der Waals surface area contributed by atoms with E-state index in [1.165, 1.54) is 0 Å². The summed E-state index contributed by atoms with van der Waals surface area (Å²) >= 11 is 0. The van der Waals surface area contributed by atoms with Gasteiger partial charge in [-0.25, -0.2) is 4.79 Å². The van der Waals surface area contributed by atoms with Crippen molar-refractivity contribution < 1.29 is 9.53 Å². The van der Waals surface area contributed by atoms with Crippen LogP contribution in [0.25, 0.3) is 0 Å². The van der Waals surface area contributed by atoms with Gasteiger partial charge in [0.05, 0.1) is 18.8 Å². The van der Waals surface area contributed by atoms with Gasteiger partial charge in [0.1, 0.15) is 5.75 Å². The Morgan fingerprint density at radius 3 is 2.86 bits per heavy atom. The summed E-state index contributed by atoms with van der Waals surface area (Å²) in [6.07, 6.45) is 2.06. The van der Waals surface area contributed by atoms with Crippen molar-refractivity contribution in [1.29, 1.82) is 0 Å². The van der Waals surface area contributed by atoms with E-state index in [4.69, 9.17) is 4.74 Å². The van der Waals surface area contributed by atoms with Crippen LogP contribution in [0.1, 0.15) is 18.7 Å². The van der Waals surface area contributed by atoms with Gasteiger partial charge in [0.15, 0.2) is 0 Å². The fourth-order valence-corrected chi connectivity index (χ4v) is 2.79. The Morgan fingerprint density at radius 2 is 2.05 bits per heavy atom. The third kappa shape index (κ3) is 2.46. The van der Waals surface area contributed by atoms with Gasteiger partial charge in [0.25, 0.3) is 0 Å². The quantitative estimate of drug-likeness (QED) is 0.921. The Labute approximate surface area is 124 Å². The molecule has 2 heterocycles. The molecule has 1 aliphatic rings. The molecule has 3 rings (SSSR count). The second kappa shape index (κ2) is 5.52. The molecule has 1 atom stereocenters. The van der Waals surface area contributed by atoms with E-state index < -0.39 is 0 Å². The third-order valence-corrected chi connectivity index (χ3v) is 3.95. The monoisotopic (exact) mass is 285 g/mol. The molecule has 0 fully saturated rings. The lowest BCUT2D eigenvalue weighted by Crippen LogP contribution is -2.43. The van der Waals surface area contributed by atoms with Crippen molar-refractivity contribution in [2.75, 3.05) is 19.0 Å². The van der Waals surface area contributed by atoms with Crippen LogP contribution in [-0.2, 0) is 6.54 Å². The number of benzene rings is 1. The lowest BCUT2D eigenvalue weighted by atomic mass is 10.1. The van der Waals surface area contributed by atoms with Crippen LogP contribution in [0.3, 0.4) is 0 Å². The highest BCUT2D eigenvalue weighted by Crippen LogP contribution is 2.28. The first-order valence-corrected chi connectivity index (χ1v) is 7.06. The van der Waals surface area contributed by atoms with Gasteiger partial charge in [-0.2, -0.15) is 0 Å². The average Bonchev–Trinajstić information content (AvgIpc) is 2.97. The molecule has 0 saturated carbocycles. The molecular formula is C16H19N3O2. The molecule has 21 heavy (non-hydrogen) atoms. The summed E-state index contributed by atoms with van der Waals surface area (Å²) in [5, 5.41) is 2.94. The van der Waals surface area contributed by atoms with Crippen LogP contribution in [0.4, 0.5) is 10.5 Å². The minimum atomic E-state index is -0.0977. The van der Waals surface area contributed by atoms with Crippen LogP contribution >= 0.6 is 0 Å². The number of fused-ring (bicyclic) bond motifs is 1. The van der Waals surface area contributed by atoms with E-state index in [1.54, 1.807) is 7.11 Å². The van der Waals surface area contributed by atoms with Crippen molar-refractivity contribution in [2.45, 2.75) is 19.5 Å². The van der Waals surface area contributed by atoms with Crippen LogP contribution in [-0.4, -0.2) is 29.2 Å². The van der Waals surface area contributed by atoms with Gasteiger partial charge in [-0.1, -0.05) is 12.1 Å². The highest BCUT2D eigenvalue weighted by atomic mass is 16.5. The fourth-order valence-electron chi connectivity index (χ4n) is 2.79. The van der Waals surface area contributed by atoms with Gasteiger partial charge in [0.2, 0.25) is 0 Å². The number of nitrogens with one attached hydrogen (secondary N) is 1. The van der Waals surface area contributed by atoms with Crippen LogP contribution in [0.15, 0.2) is 42.6 Å². The fraction of sp³-hybridized carbons (Fsp3) is 0.312. The van der Waals surface area contributed by atoms with Crippen molar-refractivity contribution in [2.24, 2.45) is 0 Å². The van der Waals surface area contributed by atoms with Crippen molar-refractivity contribution in [1.82, 2.24) is 9.47 Å². The predicted octanol–water partition coefficient (Wildman–Crippen LogP) is 3.11. The summed E-state index contributed by atoms with van der Waals surface area (Å²) in [7, 11) is 1.60. The number of urea groups is 1. The average molecular weight is 285 g/mol. The molecule has 1 aromatic heterocycles. The zero-order valence-electron chi connectivity index (χ0n) is 12.2. The molecular weight excluding hydrogens is 266 g/mol. The molecule has 0 unspecified atom stereocenters. The minimum Gasteiger partial charge on any atom is -0.495 e. The Balaban J connectivity index is 1.77. The van der Waals surface area contributed by atoms with Crippen molar-refractivity contribution >= 4 is 11.7 Å². The molecule has 0 radical (unpaired) electrons. The number of aromatic nitrogens is 1. The van der Waals surface area contributed by atoms with Crippen molar-refractivity contribution in [3.63, 3.8) is 0 Å². The van der Waals surface area contributed by atoms with Crippen LogP contribution in [0.5, 0.6) is 5.75 Å². The van der Waals surface area contributed by atoms with E-state index in [0.717, 1.165) is 12.2 Å². The van der Waals surface area contributed by atoms with E-state index in [9.17, 15) is 4.79 Å². The number of hydrogen-bond acceptors (Lipinski definition) is 2. The van der Waals surface area contributed by atoms with E-state index in [2.05, 4.69) is 22.1 Å². The van der Waals surface area contributed by atoms with Gasteiger partial charge in [-0.15, -0.1) is 0 Å². The Kier molecular flexibility index (Phi) is 3.56. The number of anilines is 1. The molecule has 5 nitrogen and oxygen atoms in total. The lowest BCUT2D eigenvalue weighted by molar-refractivity contribution is 0.175. The normalized spacial score (nSPS) is 17.2. The summed E-state index contributed by atoms with van der Waals surface area (Å²) in [4.78, 5) is 14.4. The lowest BCUT2D eigenvalue weighted by Gasteiger charge is -2.35. The summed E-state index contributed by atoms with van der Waals surface area (Å²) in [5.74, 6) is 0.666. The number of rotatable bonds is 2. The Bertz CT molecular complexity index is 650. The molecule has 1 aromatic carbocycles. The first-order chi connectivity index (χ1) is 10.2. The number of methoxy groups -OCH3 is 1. The zero-order valence-corrected chi connectivity index (χ0v) is 12.2. The first-order valence-electron chi connectivity index (χ1n) is 7.06. The predicted molar refractivity (Wildman–Crippen MR) is 81.6 cm³/mol. The largest absolute Gasteiger partial charge is 0.495 e. The van der Waals surface area contributed by atoms with Gasteiger partial charge in [0, 0.05) is 25.0 Å². The van der Waals surface area contributed by atoms with Crippen molar-refractivity contribution in [3.8, 4) is 5.75 Å². The first kappa shape index (κ1) is 13.5. The van der Waals surface area contributed by atoms with E-state index in [-0.39, 0.29) is 12.1 Å². The standard InChI is InChI=1S/C16H19N3O2/c1-12-14-7-5-9-18(14)10-11-19(12)16(20)17-13-6-3-4-8-15(13)21-2/h3-9,12H,10-11H2,1-2H3,(H,17,20)/t12-/m0/s1. The maximum atomic E-state index is 12.5. The number of carbonyl (C=O) groups is 1. The van der Waals surface area contributed by atoms with Gasteiger partial charge >= 0.3 is 6.03 Å². The summed E-state index contributed by atoms with van der Waals surface area (Å²) in [6.45, 7) is 3.57. The van der Waals surface area contributed by atoms with Crippen LogP contribution < -0.4 is 10.1 Å². The zero-order chi connectivity index (χ0) is 14.8. The molecule has 0 bridgehead atoms. The van der Waals surface area contributed by atoms with Crippen LogP contribution in [0, 0.1) is 0 Å². The maximum Gasteiger partial charge on any atom is 0.322 e. The number of amides is 2. The Morgan fingerprint density at radius 1 is 1.24 bits per heavy atom. The number of ether oxygens (including phenoxy) is 1. The van der Waals surface area contributed by atoms with E-state index in [0.29, 0.717) is 18.0 Å². The summed E-state index contributed by atoms with van der Waals surface area (Å²) < 4.78 is 7.46. The smallest absolute Gasteiger partial charge is 0.322 e. The number of para-hydroxylation sites is 2. The third-order valence-electron chi connectivity index (χ3n) is 3.95. The van der Waals surface area contributed by atoms with Gasteiger partial charge < -0.3 is 19.5 Å². The molecule has 0 saturated heterocycles. The second-order valence-corrected chi connectivity index (χ2v) is 5.13. The van der Waals surface area contributed by atoms with Crippen molar-refractivity contribution in [3.05, 3.63) is 48.3 Å². The second-order valence-electron chi connectivity index (χ2n) is 5.13. The summed E-state index contributed by atoms with van der Waals surface area (Å²) in [6, 6.07) is 11.5. The van der Waals surface area contributed by atoms with Gasteiger partial charge in [-0.05, 0) is 31.2 Å². The molecule has 5 heteroatoms. The van der Waals surface area contributed by atoms with E-state index in [1.807, 2.05) is 42.2 Å². The molecule has 2 aromatic rings. The van der Waals surface area contributed by atoms with Crippen LogP contribution in [0.2, 0.25) is 0 Å². The topological polar surface area (TPSA) is 46.5 Å². The number of nitrogens with zero attached hydrogens (tertiary/aromatic N) is 2. The molecule has 1 aliphatic heterocycles.